The van der Waals surface area contributed by atoms with E-state index in [2.05, 4.69) is 0 Å². The van der Waals surface area contributed by atoms with Crippen LogP contribution < -0.4 is 11.5 Å². The van der Waals surface area contributed by atoms with E-state index in [9.17, 15) is 9.59 Å². The molecule has 0 spiro atoms. The molecule has 0 bridgehead atoms. The average molecular weight is 202 g/mol. The first-order valence-corrected chi connectivity index (χ1v) is 4.78. The number of rotatable bonds is 7. The van der Waals surface area contributed by atoms with E-state index in [4.69, 9.17) is 16.2 Å². The van der Waals surface area contributed by atoms with E-state index in [0.717, 1.165) is 12.8 Å². The Balaban J connectivity index is 3.59. The minimum atomic E-state index is -0.737. The molecule has 0 saturated carbocycles. The fourth-order valence-corrected chi connectivity index (χ4v) is 0.840. The standard InChI is InChI=1S/C9H18N2O3/c1-2-3-6-14-9(13)7(10)4-5-8(11)12/h7H,2-6,10H2,1H3,(H2,11,12). The molecule has 0 rings (SSSR count). The summed E-state index contributed by atoms with van der Waals surface area (Å²) in [5, 5.41) is 0. The quantitative estimate of drug-likeness (QED) is 0.446. The van der Waals surface area contributed by atoms with Gasteiger partial charge in [-0.25, -0.2) is 0 Å². The lowest BCUT2D eigenvalue weighted by Gasteiger charge is -2.09. The molecule has 4 N–H and O–H groups in total. The van der Waals surface area contributed by atoms with Gasteiger partial charge in [0, 0.05) is 6.42 Å². The first-order valence-electron chi connectivity index (χ1n) is 4.78. The molecule has 0 fully saturated rings. The van der Waals surface area contributed by atoms with Gasteiger partial charge in [0.05, 0.1) is 6.61 Å². The van der Waals surface area contributed by atoms with Crippen LogP contribution >= 0.6 is 0 Å². The van der Waals surface area contributed by atoms with Crippen LogP contribution in [0.15, 0.2) is 0 Å². The van der Waals surface area contributed by atoms with Crippen LogP contribution in [0.4, 0.5) is 0 Å². The number of unbranched alkanes of at least 4 members (excludes halogenated alkanes) is 1. The largest absolute Gasteiger partial charge is 0.465 e. The second kappa shape index (κ2) is 7.32. The van der Waals surface area contributed by atoms with Crippen molar-refractivity contribution in [1.29, 1.82) is 0 Å². The zero-order chi connectivity index (χ0) is 11.0. The zero-order valence-corrected chi connectivity index (χ0v) is 8.49. The van der Waals surface area contributed by atoms with Gasteiger partial charge in [0.1, 0.15) is 6.04 Å². The van der Waals surface area contributed by atoms with Gasteiger partial charge in [-0.05, 0) is 12.8 Å². The zero-order valence-electron chi connectivity index (χ0n) is 8.49. The Morgan fingerprint density at radius 1 is 1.43 bits per heavy atom. The third-order valence-electron chi connectivity index (χ3n) is 1.75. The highest BCUT2D eigenvalue weighted by Crippen LogP contribution is 1.98. The summed E-state index contributed by atoms with van der Waals surface area (Å²) >= 11 is 0. The molecule has 1 unspecified atom stereocenters. The summed E-state index contributed by atoms with van der Waals surface area (Å²) in [5.41, 5.74) is 10.4. The SMILES string of the molecule is CCCCOC(=O)C(N)CCC(N)=O. The molecule has 0 aromatic heterocycles. The molecule has 5 nitrogen and oxygen atoms in total. The van der Waals surface area contributed by atoms with Crippen LogP contribution in [-0.4, -0.2) is 24.5 Å². The number of esters is 1. The topological polar surface area (TPSA) is 95.4 Å². The second-order valence-electron chi connectivity index (χ2n) is 3.13. The van der Waals surface area contributed by atoms with Crippen molar-refractivity contribution in [1.82, 2.24) is 0 Å². The van der Waals surface area contributed by atoms with E-state index in [1.165, 1.54) is 0 Å². The molecular weight excluding hydrogens is 184 g/mol. The van der Waals surface area contributed by atoms with Gasteiger partial charge in [0.25, 0.3) is 0 Å². The number of hydrogen-bond acceptors (Lipinski definition) is 4. The van der Waals surface area contributed by atoms with E-state index < -0.39 is 17.9 Å². The summed E-state index contributed by atoms with van der Waals surface area (Å²) in [7, 11) is 0. The van der Waals surface area contributed by atoms with Crippen molar-refractivity contribution in [3.05, 3.63) is 0 Å². The number of carbonyl (C=O) groups excluding carboxylic acids is 2. The Bertz CT molecular complexity index is 194. The molecule has 1 atom stereocenters. The Labute approximate surface area is 83.8 Å². The lowest BCUT2D eigenvalue weighted by molar-refractivity contribution is -0.145. The number of primary amides is 1. The Morgan fingerprint density at radius 3 is 2.57 bits per heavy atom. The molecule has 0 heterocycles. The molecule has 0 aromatic carbocycles. The normalized spacial score (nSPS) is 12.1. The maximum atomic E-state index is 11.1. The van der Waals surface area contributed by atoms with Crippen LogP contribution in [0.5, 0.6) is 0 Å². The third-order valence-corrected chi connectivity index (χ3v) is 1.75. The van der Waals surface area contributed by atoms with Gasteiger partial charge < -0.3 is 16.2 Å². The predicted molar refractivity (Wildman–Crippen MR) is 52.3 cm³/mol. The predicted octanol–water partition coefficient (Wildman–Crippen LogP) is -0.0775. The molecule has 0 radical (unpaired) electrons. The van der Waals surface area contributed by atoms with Crippen molar-refractivity contribution in [2.75, 3.05) is 6.61 Å². The van der Waals surface area contributed by atoms with E-state index in [1.807, 2.05) is 6.92 Å². The fraction of sp³-hybridized carbons (Fsp3) is 0.778. The van der Waals surface area contributed by atoms with Gasteiger partial charge in [-0.2, -0.15) is 0 Å². The molecule has 82 valence electrons. The number of hydrogen-bond donors (Lipinski definition) is 2. The maximum Gasteiger partial charge on any atom is 0.322 e. The van der Waals surface area contributed by atoms with E-state index in [0.29, 0.717) is 6.61 Å². The summed E-state index contributed by atoms with van der Waals surface area (Å²) in [6, 6.07) is -0.737. The Morgan fingerprint density at radius 2 is 2.07 bits per heavy atom. The van der Waals surface area contributed by atoms with E-state index >= 15 is 0 Å². The third kappa shape index (κ3) is 6.42. The van der Waals surface area contributed by atoms with Crippen LogP contribution in [0.25, 0.3) is 0 Å². The maximum absolute atomic E-state index is 11.1. The van der Waals surface area contributed by atoms with Crippen molar-refractivity contribution in [3.8, 4) is 0 Å². The second-order valence-corrected chi connectivity index (χ2v) is 3.13. The first-order chi connectivity index (χ1) is 6.57. The molecule has 0 aliphatic rings. The van der Waals surface area contributed by atoms with Crippen molar-refractivity contribution >= 4 is 11.9 Å². The van der Waals surface area contributed by atoms with Crippen LogP contribution in [0.2, 0.25) is 0 Å². The van der Waals surface area contributed by atoms with Gasteiger partial charge >= 0.3 is 5.97 Å². The summed E-state index contributed by atoms with van der Waals surface area (Å²) < 4.78 is 4.86. The smallest absolute Gasteiger partial charge is 0.322 e. The van der Waals surface area contributed by atoms with Gasteiger partial charge in [0.15, 0.2) is 0 Å². The van der Waals surface area contributed by atoms with Crippen molar-refractivity contribution in [2.45, 2.75) is 38.6 Å². The summed E-state index contributed by atoms with van der Waals surface area (Å²) in [5.74, 6) is -0.915. The van der Waals surface area contributed by atoms with Gasteiger partial charge in [-0.15, -0.1) is 0 Å². The lowest BCUT2D eigenvalue weighted by Crippen LogP contribution is -2.33. The summed E-state index contributed by atoms with van der Waals surface area (Å²) in [4.78, 5) is 21.5. The summed E-state index contributed by atoms with van der Waals surface area (Å²) in [6.07, 6.45) is 2.16. The highest BCUT2D eigenvalue weighted by Gasteiger charge is 2.15. The van der Waals surface area contributed by atoms with Crippen molar-refractivity contribution < 1.29 is 14.3 Å². The number of ether oxygens (including phenoxy) is 1. The van der Waals surface area contributed by atoms with E-state index in [1.54, 1.807) is 0 Å². The van der Waals surface area contributed by atoms with Gasteiger partial charge in [-0.1, -0.05) is 13.3 Å². The molecule has 0 saturated heterocycles. The van der Waals surface area contributed by atoms with Gasteiger partial charge in [0.2, 0.25) is 5.91 Å². The van der Waals surface area contributed by atoms with Crippen LogP contribution in [0.1, 0.15) is 32.6 Å². The van der Waals surface area contributed by atoms with Gasteiger partial charge in [-0.3, -0.25) is 9.59 Å². The molecule has 14 heavy (non-hydrogen) atoms. The first kappa shape index (κ1) is 12.9. The van der Waals surface area contributed by atoms with Crippen LogP contribution in [0, 0.1) is 0 Å². The monoisotopic (exact) mass is 202 g/mol. The molecule has 1 amide bonds. The minimum Gasteiger partial charge on any atom is -0.465 e. The van der Waals surface area contributed by atoms with Crippen molar-refractivity contribution in [2.24, 2.45) is 11.5 Å². The Kier molecular flexibility index (Phi) is 6.74. The lowest BCUT2D eigenvalue weighted by atomic mass is 10.1. The van der Waals surface area contributed by atoms with E-state index in [-0.39, 0.29) is 12.8 Å². The van der Waals surface area contributed by atoms with Crippen LogP contribution in [0.3, 0.4) is 0 Å². The number of amides is 1. The average Bonchev–Trinajstić information content (AvgIpc) is 2.14. The highest BCUT2D eigenvalue weighted by molar-refractivity contribution is 5.78. The molecule has 0 aliphatic carbocycles. The van der Waals surface area contributed by atoms with Crippen molar-refractivity contribution in [3.63, 3.8) is 0 Å². The Hall–Kier alpha value is -1.10. The van der Waals surface area contributed by atoms with Crippen LogP contribution in [-0.2, 0) is 14.3 Å². The minimum absolute atomic E-state index is 0.115. The number of nitrogens with two attached hydrogens (primary N) is 2. The summed E-state index contributed by atoms with van der Waals surface area (Å²) in [6.45, 7) is 2.39. The molecule has 0 aromatic rings. The number of carbonyl (C=O) groups is 2. The fourth-order valence-electron chi connectivity index (χ4n) is 0.840. The molecule has 5 heteroatoms. The highest BCUT2D eigenvalue weighted by atomic mass is 16.5. The molecular formula is C9H18N2O3. The molecule has 0 aliphatic heterocycles.